The first-order valence-corrected chi connectivity index (χ1v) is 9.59. The lowest BCUT2D eigenvalue weighted by molar-refractivity contribution is -0.138. The molecule has 2 aromatic rings. The van der Waals surface area contributed by atoms with Gasteiger partial charge in [-0.2, -0.15) is 0 Å². The van der Waals surface area contributed by atoms with Crippen LogP contribution in [0.25, 0.3) is 5.57 Å². The second-order valence-corrected chi connectivity index (χ2v) is 7.07. The summed E-state index contributed by atoms with van der Waals surface area (Å²) < 4.78 is 5.63. The molecule has 0 radical (unpaired) electrons. The van der Waals surface area contributed by atoms with Crippen LogP contribution in [0.15, 0.2) is 60.3 Å². The van der Waals surface area contributed by atoms with E-state index in [1.807, 2.05) is 82.4 Å². The number of ether oxygens (including phenoxy) is 1. The summed E-state index contributed by atoms with van der Waals surface area (Å²) in [6.45, 7) is 6.39. The summed E-state index contributed by atoms with van der Waals surface area (Å²) in [6, 6.07) is 16.7. The maximum absolute atomic E-state index is 13.2. The Bertz CT molecular complexity index is 886. The van der Waals surface area contributed by atoms with Gasteiger partial charge in [-0.3, -0.25) is 14.5 Å². The minimum atomic E-state index is -0.271. The number of rotatable bonds is 7. The lowest BCUT2D eigenvalue weighted by Crippen LogP contribution is -2.39. The second-order valence-electron chi connectivity index (χ2n) is 7.07. The minimum absolute atomic E-state index is 0.219. The van der Waals surface area contributed by atoms with Gasteiger partial charge in [-0.15, -0.1) is 0 Å². The van der Waals surface area contributed by atoms with Crippen LogP contribution in [-0.4, -0.2) is 36.4 Å². The highest BCUT2D eigenvalue weighted by molar-refractivity contribution is 6.36. The van der Waals surface area contributed by atoms with Crippen molar-refractivity contribution in [3.8, 4) is 5.75 Å². The van der Waals surface area contributed by atoms with Crippen molar-refractivity contribution < 1.29 is 14.3 Å². The molecule has 1 aliphatic rings. The van der Waals surface area contributed by atoms with Crippen molar-refractivity contribution in [2.45, 2.75) is 33.2 Å². The van der Waals surface area contributed by atoms with Gasteiger partial charge in [0.2, 0.25) is 0 Å². The van der Waals surface area contributed by atoms with Gasteiger partial charge in [-0.1, -0.05) is 37.3 Å². The molecule has 2 aromatic carbocycles. The Morgan fingerprint density at radius 3 is 2.18 bits per heavy atom. The predicted octanol–water partition coefficient (Wildman–Crippen LogP) is 4.10. The van der Waals surface area contributed by atoms with Crippen LogP contribution >= 0.6 is 0 Å². The Balaban J connectivity index is 2.07. The third-order valence-corrected chi connectivity index (χ3v) is 4.70. The van der Waals surface area contributed by atoms with E-state index in [1.165, 1.54) is 4.90 Å². The summed E-state index contributed by atoms with van der Waals surface area (Å²) in [5.74, 6) is 0.217. The number of carbonyl (C=O) groups excluding carboxylic acids is 2. The van der Waals surface area contributed by atoms with Crippen molar-refractivity contribution in [1.29, 1.82) is 0 Å². The highest BCUT2D eigenvalue weighted by Crippen LogP contribution is 2.34. The molecule has 0 saturated carbocycles. The van der Waals surface area contributed by atoms with Crippen LogP contribution in [0.2, 0.25) is 0 Å². The molecule has 28 heavy (non-hydrogen) atoms. The lowest BCUT2D eigenvalue weighted by atomic mass is 10.0. The standard InChI is InChI=1S/C23H26N2O3/c1-5-15-28-19-13-11-17(12-14-19)20-21(23(27)25(16(2)3)22(20)26)24(4)18-9-7-6-8-10-18/h6-14,16H,5,15H2,1-4H3. The van der Waals surface area contributed by atoms with E-state index in [-0.39, 0.29) is 17.9 Å². The van der Waals surface area contributed by atoms with Crippen molar-refractivity contribution in [3.05, 3.63) is 65.9 Å². The molecule has 5 nitrogen and oxygen atoms in total. The van der Waals surface area contributed by atoms with Crippen molar-refractivity contribution in [1.82, 2.24) is 4.90 Å². The predicted molar refractivity (Wildman–Crippen MR) is 111 cm³/mol. The second kappa shape index (κ2) is 8.30. The molecule has 0 saturated heterocycles. The monoisotopic (exact) mass is 378 g/mol. The molecule has 1 heterocycles. The van der Waals surface area contributed by atoms with E-state index in [0.717, 1.165) is 17.9 Å². The zero-order chi connectivity index (χ0) is 20.3. The zero-order valence-corrected chi connectivity index (χ0v) is 16.8. The molecular formula is C23H26N2O3. The first-order chi connectivity index (χ1) is 13.5. The molecule has 0 aliphatic carbocycles. The van der Waals surface area contributed by atoms with Crippen LogP contribution in [0.3, 0.4) is 0 Å². The number of likely N-dealkylation sites (N-methyl/N-ethyl adjacent to an activating group) is 1. The largest absolute Gasteiger partial charge is 0.494 e. The Kier molecular flexibility index (Phi) is 5.83. The number of hydrogen-bond donors (Lipinski definition) is 0. The van der Waals surface area contributed by atoms with Gasteiger partial charge < -0.3 is 9.64 Å². The van der Waals surface area contributed by atoms with E-state index in [2.05, 4.69) is 0 Å². The molecular weight excluding hydrogens is 352 g/mol. The highest BCUT2D eigenvalue weighted by atomic mass is 16.5. The summed E-state index contributed by atoms with van der Waals surface area (Å²) in [6.07, 6.45) is 0.926. The fourth-order valence-corrected chi connectivity index (χ4v) is 3.29. The van der Waals surface area contributed by atoms with Crippen LogP contribution in [0, 0.1) is 0 Å². The summed E-state index contributed by atoms with van der Waals surface area (Å²) in [5, 5.41) is 0. The SMILES string of the molecule is CCCOc1ccc(C2=C(N(C)c3ccccc3)C(=O)N(C(C)C)C2=O)cc1. The first kappa shape index (κ1) is 19.7. The Labute approximate surface area is 166 Å². The van der Waals surface area contributed by atoms with Gasteiger partial charge in [0.05, 0.1) is 12.2 Å². The highest BCUT2D eigenvalue weighted by Gasteiger charge is 2.42. The Hall–Kier alpha value is -3.08. The van der Waals surface area contributed by atoms with Gasteiger partial charge >= 0.3 is 0 Å². The molecule has 0 N–H and O–H groups in total. The molecule has 1 aliphatic heterocycles. The van der Waals surface area contributed by atoms with Crippen LogP contribution in [0.1, 0.15) is 32.8 Å². The smallest absolute Gasteiger partial charge is 0.278 e. The molecule has 0 fully saturated rings. The van der Waals surface area contributed by atoms with E-state index in [0.29, 0.717) is 23.4 Å². The van der Waals surface area contributed by atoms with E-state index >= 15 is 0 Å². The maximum Gasteiger partial charge on any atom is 0.278 e. The molecule has 5 heteroatoms. The average molecular weight is 378 g/mol. The normalized spacial score (nSPS) is 14.2. The number of anilines is 1. The number of carbonyl (C=O) groups is 2. The average Bonchev–Trinajstić information content (AvgIpc) is 2.97. The fourth-order valence-electron chi connectivity index (χ4n) is 3.29. The van der Waals surface area contributed by atoms with Crippen molar-refractivity contribution >= 4 is 23.1 Å². The molecule has 0 atom stereocenters. The molecule has 146 valence electrons. The van der Waals surface area contributed by atoms with Gasteiger partial charge in [0, 0.05) is 18.8 Å². The third-order valence-electron chi connectivity index (χ3n) is 4.70. The van der Waals surface area contributed by atoms with Crippen LogP contribution < -0.4 is 9.64 Å². The van der Waals surface area contributed by atoms with E-state index in [4.69, 9.17) is 4.74 Å². The van der Waals surface area contributed by atoms with Gasteiger partial charge in [0.15, 0.2) is 0 Å². The molecule has 2 amide bonds. The molecule has 0 aromatic heterocycles. The number of imide groups is 1. The topological polar surface area (TPSA) is 49.9 Å². The third kappa shape index (κ3) is 3.65. The quantitative estimate of drug-likeness (QED) is 0.681. The van der Waals surface area contributed by atoms with Gasteiger partial charge in [-0.25, -0.2) is 0 Å². The molecule has 3 rings (SSSR count). The van der Waals surface area contributed by atoms with Crippen molar-refractivity contribution in [2.24, 2.45) is 0 Å². The minimum Gasteiger partial charge on any atom is -0.494 e. The summed E-state index contributed by atoms with van der Waals surface area (Å²) in [7, 11) is 1.82. The van der Waals surface area contributed by atoms with E-state index < -0.39 is 0 Å². The van der Waals surface area contributed by atoms with Crippen molar-refractivity contribution in [3.63, 3.8) is 0 Å². The van der Waals surface area contributed by atoms with E-state index in [9.17, 15) is 9.59 Å². The van der Waals surface area contributed by atoms with Crippen LogP contribution in [-0.2, 0) is 9.59 Å². The summed E-state index contributed by atoms with van der Waals surface area (Å²) in [4.78, 5) is 29.4. The number of benzene rings is 2. The Morgan fingerprint density at radius 1 is 0.964 bits per heavy atom. The number of amides is 2. The van der Waals surface area contributed by atoms with Gasteiger partial charge in [-0.05, 0) is 50.1 Å². The number of para-hydroxylation sites is 1. The molecule has 0 spiro atoms. The molecule has 0 bridgehead atoms. The maximum atomic E-state index is 13.2. The lowest BCUT2D eigenvalue weighted by Gasteiger charge is -2.23. The number of nitrogens with zero attached hydrogens (tertiary/aromatic N) is 2. The zero-order valence-electron chi connectivity index (χ0n) is 16.8. The summed E-state index contributed by atoms with van der Waals surface area (Å²) >= 11 is 0. The fraction of sp³-hybridized carbons (Fsp3) is 0.304. The van der Waals surface area contributed by atoms with Gasteiger partial charge in [0.25, 0.3) is 11.8 Å². The number of hydrogen-bond acceptors (Lipinski definition) is 4. The van der Waals surface area contributed by atoms with Gasteiger partial charge in [0.1, 0.15) is 11.4 Å². The van der Waals surface area contributed by atoms with Crippen molar-refractivity contribution in [2.75, 3.05) is 18.6 Å². The Morgan fingerprint density at radius 2 is 1.61 bits per heavy atom. The van der Waals surface area contributed by atoms with Crippen LogP contribution in [0.5, 0.6) is 5.75 Å². The first-order valence-electron chi connectivity index (χ1n) is 9.59. The van der Waals surface area contributed by atoms with E-state index in [1.54, 1.807) is 4.90 Å². The molecule has 0 unspecified atom stereocenters. The van der Waals surface area contributed by atoms with Crippen LogP contribution in [0.4, 0.5) is 5.69 Å². The summed E-state index contributed by atoms with van der Waals surface area (Å²) in [5.41, 5.74) is 2.38.